The molecule has 0 unspecified atom stereocenters. The zero-order valence-electron chi connectivity index (χ0n) is 11.5. The number of carbonyl (C=O) groups is 1. The van der Waals surface area contributed by atoms with Crippen molar-refractivity contribution in [3.05, 3.63) is 29.7 Å². The number of amides is 1. The molecule has 1 aliphatic carbocycles. The minimum Gasteiger partial charge on any atom is -0.337 e. The molecule has 2 fully saturated rings. The van der Waals surface area contributed by atoms with Crippen LogP contribution in [0.1, 0.15) is 53.4 Å². The smallest absolute Gasteiger partial charge is 0.272 e. The number of halogens is 2. The molecule has 1 saturated heterocycles. The lowest BCUT2D eigenvalue weighted by molar-refractivity contribution is 0.0116. The molecule has 2 aliphatic rings. The van der Waals surface area contributed by atoms with Gasteiger partial charge in [-0.25, -0.2) is 8.78 Å². The number of aromatic nitrogens is 4. The van der Waals surface area contributed by atoms with E-state index >= 15 is 0 Å². The van der Waals surface area contributed by atoms with Gasteiger partial charge < -0.3 is 9.42 Å². The third-order valence-corrected chi connectivity index (χ3v) is 3.95. The normalized spacial score (nSPS) is 23.9. The predicted molar refractivity (Wildman–Crippen MR) is 68.2 cm³/mol. The lowest BCUT2D eigenvalue weighted by Crippen LogP contribution is -2.33. The number of nitrogens with zero attached hydrogens (tertiary/aromatic N) is 4. The molecule has 0 spiro atoms. The van der Waals surface area contributed by atoms with Gasteiger partial charge in [0.25, 0.3) is 11.8 Å². The van der Waals surface area contributed by atoms with Gasteiger partial charge in [0.05, 0.1) is 6.54 Å². The Balaban J connectivity index is 1.63. The van der Waals surface area contributed by atoms with Crippen molar-refractivity contribution < 1.29 is 18.1 Å². The molecule has 3 heterocycles. The van der Waals surface area contributed by atoms with Crippen molar-refractivity contribution in [1.82, 2.24) is 25.2 Å². The fourth-order valence-electron chi connectivity index (χ4n) is 2.67. The summed E-state index contributed by atoms with van der Waals surface area (Å²) in [6, 6.07) is 0.532. The summed E-state index contributed by atoms with van der Waals surface area (Å²) in [5, 5.41) is 10.0. The fourth-order valence-corrected chi connectivity index (χ4v) is 2.67. The van der Waals surface area contributed by atoms with E-state index in [1.54, 1.807) is 0 Å². The van der Waals surface area contributed by atoms with Crippen molar-refractivity contribution in [3.8, 4) is 0 Å². The Morgan fingerprint density at radius 2 is 2.27 bits per heavy atom. The minimum atomic E-state index is -2.98. The Bertz CT molecular complexity index is 695. The van der Waals surface area contributed by atoms with E-state index in [4.69, 9.17) is 4.52 Å². The second-order valence-corrected chi connectivity index (χ2v) is 5.74. The van der Waals surface area contributed by atoms with Gasteiger partial charge in [-0.05, 0) is 18.9 Å². The molecule has 1 aliphatic heterocycles. The van der Waals surface area contributed by atoms with Gasteiger partial charge in [0.2, 0.25) is 5.89 Å². The van der Waals surface area contributed by atoms with E-state index < -0.39 is 30.8 Å². The second kappa shape index (κ2) is 4.59. The van der Waals surface area contributed by atoms with Crippen LogP contribution in [-0.4, -0.2) is 43.6 Å². The Hall–Kier alpha value is -2.32. The molecule has 1 N–H and O–H groups in total. The van der Waals surface area contributed by atoms with Gasteiger partial charge in [0.1, 0.15) is 11.7 Å². The van der Waals surface area contributed by atoms with Crippen LogP contribution < -0.4 is 0 Å². The summed E-state index contributed by atoms with van der Waals surface area (Å²) in [7, 11) is 0. The number of hydrogen-bond donors (Lipinski definition) is 1. The van der Waals surface area contributed by atoms with Crippen molar-refractivity contribution >= 4 is 5.91 Å². The van der Waals surface area contributed by atoms with Crippen LogP contribution in [0.5, 0.6) is 0 Å². The largest absolute Gasteiger partial charge is 0.337 e. The topological polar surface area (TPSA) is 87.9 Å². The number of aromatic amines is 1. The highest BCUT2D eigenvalue weighted by molar-refractivity contribution is 5.92. The van der Waals surface area contributed by atoms with Crippen LogP contribution >= 0.6 is 0 Å². The molecule has 2 aromatic heterocycles. The highest BCUT2D eigenvalue weighted by Gasteiger charge is 2.50. The van der Waals surface area contributed by atoms with Crippen LogP contribution in [0, 0.1) is 0 Å². The lowest BCUT2D eigenvalue weighted by atomic mass is 10.2. The van der Waals surface area contributed by atoms with Crippen molar-refractivity contribution in [2.24, 2.45) is 0 Å². The van der Waals surface area contributed by atoms with Gasteiger partial charge in [-0.2, -0.15) is 10.1 Å². The molecule has 9 heteroatoms. The summed E-state index contributed by atoms with van der Waals surface area (Å²) in [6.07, 6.45) is 2.85. The maximum absolute atomic E-state index is 13.8. The van der Waals surface area contributed by atoms with E-state index in [0.29, 0.717) is 5.82 Å². The van der Waals surface area contributed by atoms with E-state index in [9.17, 15) is 13.6 Å². The molecule has 2 aromatic rings. The second-order valence-electron chi connectivity index (χ2n) is 5.74. The van der Waals surface area contributed by atoms with Crippen LogP contribution in [0.3, 0.4) is 0 Å². The van der Waals surface area contributed by atoms with E-state index in [0.717, 1.165) is 17.7 Å². The molecule has 4 rings (SSSR count). The molecule has 1 atom stereocenters. The highest BCUT2D eigenvalue weighted by atomic mass is 19.3. The molecular weight excluding hydrogens is 296 g/mol. The first-order chi connectivity index (χ1) is 10.5. The number of rotatable bonds is 3. The van der Waals surface area contributed by atoms with E-state index in [-0.39, 0.29) is 17.5 Å². The summed E-state index contributed by atoms with van der Waals surface area (Å²) in [4.78, 5) is 17.6. The van der Waals surface area contributed by atoms with Crippen LogP contribution in [-0.2, 0) is 0 Å². The van der Waals surface area contributed by atoms with Gasteiger partial charge in [-0.1, -0.05) is 5.16 Å². The summed E-state index contributed by atoms with van der Waals surface area (Å²) < 4.78 is 32.7. The van der Waals surface area contributed by atoms with Crippen molar-refractivity contribution in [2.75, 3.05) is 6.54 Å². The Labute approximate surface area is 123 Å². The molecule has 7 nitrogen and oxygen atoms in total. The standard InChI is InChI=1S/C13H13F2N5O2/c14-13(15)5-9(11-17-10(19-22-11)7-1-2-7)20(6-13)12(21)8-3-4-16-18-8/h3-4,7,9H,1-2,5-6H2,(H,16,18)/t9-/m0/s1. The number of alkyl halides is 2. The van der Waals surface area contributed by atoms with Crippen LogP contribution in [0.2, 0.25) is 0 Å². The zero-order chi connectivity index (χ0) is 15.3. The number of H-pyrrole nitrogens is 1. The summed E-state index contributed by atoms with van der Waals surface area (Å²) in [5.74, 6) is -2.65. The van der Waals surface area contributed by atoms with Crippen molar-refractivity contribution in [3.63, 3.8) is 0 Å². The van der Waals surface area contributed by atoms with Gasteiger partial charge in [0, 0.05) is 18.5 Å². The van der Waals surface area contributed by atoms with Crippen molar-refractivity contribution in [2.45, 2.75) is 37.1 Å². The number of likely N-dealkylation sites (tertiary alicyclic amines) is 1. The van der Waals surface area contributed by atoms with Crippen LogP contribution in [0.25, 0.3) is 0 Å². The van der Waals surface area contributed by atoms with E-state index in [1.165, 1.54) is 12.3 Å². The third kappa shape index (κ3) is 2.26. The van der Waals surface area contributed by atoms with Gasteiger partial charge >= 0.3 is 0 Å². The quantitative estimate of drug-likeness (QED) is 0.935. The first-order valence-corrected chi connectivity index (χ1v) is 7.05. The zero-order valence-corrected chi connectivity index (χ0v) is 11.5. The number of hydrogen-bond acceptors (Lipinski definition) is 5. The molecule has 116 valence electrons. The maximum Gasteiger partial charge on any atom is 0.272 e. The molecular formula is C13H13F2N5O2. The third-order valence-electron chi connectivity index (χ3n) is 3.95. The first kappa shape index (κ1) is 13.4. The van der Waals surface area contributed by atoms with Gasteiger partial charge in [-0.3, -0.25) is 9.89 Å². The Morgan fingerprint density at radius 3 is 2.95 bits per heavy atom. The van der Waals surface area contributed by atoms with Crippen LogP contribution in [0.15, 0.2) is 16.8 Å². The SMILES string of the molecule is O=C(c1ccn[nH]1)N1CC(F)(F)C[C@H]1c1nc(C2CC2)no1. The molecule has 0 bridgehead atoms. The molecule has 1 amide bonds. The van der Waals surface area contributed by atoms with Crippen molar-refractivity contribution in [1.29, 1.82) is 0 Å². The number of nitrogens with one attached hydrogen (secondary N) is 1. The fraction of sp³-hybridized carbons (Fsp3) is 0.538. The average Bonchev–Trinajstić information content (AvgIpc) is 2.95. The van der Waals surface area contributed by atoms with E-state index in [1.807, 2.05) is 0 Å². The highest BCUT2D eigenvalue weighted by Crippen LogP contribution is 2.43. The average molecular weight is 309 g/mol. The minimum absolute atomic E-state index is 0.0759. The summed E-state index contributed by atoms with van der Waals surface area (Å²) >= 11 is 0. The van der Waals surface area contributed by atoms with Crippen LogP contribution in [0.4, 0.5) is 8.78 Å². The Morgan fingerprint density at radius 1 is 1.45 bits per heavy atom. The summed E-state index contributed by atoms with van der Waals surface area (Å²) in [5.41, 5.74) is 0.157. The Kier molecular flexibility index (Phi) is 2.78. The molecule has 0 aromatic carbocycles. The number of carbonyl (C=O) groups excluding carboxylic acids is 1. The van der Waals surface area contributed by atoms with Gasteiger partial charge in [-0.15, -0.1) is 0 Å². The monoisotopic (exact) mass is 309 g/mol. The lowest BCUT2D eigenvalue weighted by Gasteiger charge is -2.20. The molecule has 22 heavy (non-hydrogen) atoms. The van der Waals surface area contributed by atoms with E-state index in [2.05, 4.69) is 20.3 Å². The summed E-state index contributed by atoms with van der Waals surface area (Å²) in [6.45, 7) is -0.670. The molecule has 0 radical (unpaired) electrons. The molecule has 1 saturated carbocycles. The van der Waals surface area contributed by atoms with Gasteiger partial charge in [0.15, 0.2) is 5.82 Å². The predicted octanol–water partition coefficient (Wildman–Crippen LogP) is 1.89. The maximum atomic E-state index is 13.8. The first-order valence-electron chi connectivity index (χ1n) is 7.05.